The summed E-state index contributed by atoms with van der Waals surface area (Å²) in [5.74, 6) is -0.247. The first-order valence-corrected chi connectivity index (χ1v) is 5.11. The number of rotatable bonds is 3. The highest BCUT2D eigenvalue weighted by Crippen LogP contribution is 2.13. The number of azo groups is 1. The van der Waals surface area contributed by atoms with Crippen molar-refractivity contribution >= 4 is 16.4 Å². The van der Waals surface area contributed by atoms with Crippen molar-refractivity contribution in [2.24, 2.45) is 10.2 Å². The van der Waals surface area contributed by atoms with E-state index in [-0.39, 0.29) is 5.88 Å². The molecule has 0 N–H and O–H groups in total. The summed E-state index contributed by atoms with van der Waals surface area (Å²) in [6.45, 7) is 1.94. The summed E-state index contributed by atoms with van der Waals surface area (Å²) in [4.78, 5) is 0. The number of hydrogen-bond acceptors (Lipinski definition) is 4. The van der Waals surface area contributed by atoms with E-state index in [0.29, 0.717) is 5.69 Å². The number of thiol groups is 1. The van der Waals surface area contributed by atoms with Gasteiger partial charge in [-0.15, -0.1) is 0 Å². The first-order valence-electron chi connectivity index (χ1n) is 3.74. The molecule has 0 aromatic heterocycles. The van der Waals surface area contributed by atoms with Crippen molar-refractivity contribution in [3.63, 3.8) is 0 Å². The Kier molecular flexibility index (Phi) is 3.57. The van der Waals surface area contributed by atoms with Gasteiger partial charge in [-0.2, -0.15) is 10.2 Å². The van der Waals surface area contributed by atoms with Gasteiger partial charge in [0.2, 0.25) is 0 Å². The molecular weight excluding hydrogens is 188 g/mol. The van der Waals surface area contributed by atoms with Crippen LogP contribution in [0.1, 0.15) is 5.56 Å². The van der Waals surface area contributed by atoms with Crippen LogP contribution in [0.3, 0.4) is 0 Å². The molecular formula is C8H10N2O2S. The normalized spacial score (nSPS) is 11.2. The van der Waals surface area contributed by atoms with E-state index >= 15 is 0 Å². The van der Waals surface area contributed by atoms with E-state index in [4.69, 9.17) is 0 Å². The average molecular weight is 198 g/mol. The monoisotopic (exact) mass is 198 g/mol. The molecule has 13 heavy (non-hydrogen) atoms. The van der Waals surface area contributed by atoms with E-state index in [1.807, 2.05) is 25.1 Å². The molecule has 0 heterocycles. The molecule has 0 aliphatic rings. The molecule has 4 nitrogen and oxygen atoms in total. The zero-order valence-corrected chi connectivity index (χ0v) is 8.07. The molecule has 70 valence electrons. The standard InChI is InChI=1S/C8H10N2O2S/c1-7-3-2-4-8(5-7)10-9-6-13(11)12/h2-5,13H,6H2,1H3. The van der Waals surface area contributed by atoms with Gasteiger partial charge in [0, 0.05) is 0 Å². The molecule has 0 saturated carbocycles. The van der Waals surface area contributed by atoms with Gasteiger partial charge >= 0.3 is 0 Å². The minimum Gasteiger partial charge on any atom is -0.230 e. The molecule has 0 saturated heterocycles. The molecule has 0 fully saturated rings. The second kappa shape index (κ2) is 4.71. The van der Waals surface area contributed by atoms with E-state index < -0.39 is 10.7 Å². The summed E-state index contributed by atoms with van der Waals surface area (Å²) in [6.07, 6.45) is 0. The third-order valence-electron chi connectivity index (χ3n) is 1.37. The van der Waals surface area contributed by atoms with Gasteiger partial charge in [-0.05, 0) is 24.6 Å². The van der Waals surface area contributed by atoms with Gasteiger partial charge in [0.25, 0.3) is 0 Å². The van der Waals surface area contributed by atoms with Crippen molar-refractivity contribution in [3.8, 4) is 0 Å². The van der Waals surface area contributed by atoms with Crippen molar-refractivity contribution in [2.45, 2.75) is 6.92 Å². The molecule has 0 unspecified atom stereocenters. The third kappa shape index (κ3) is 3.80. The Labute approximate surface area is 78.3 Å². The quantitative estimate of drug-likeness (QED) is 0.593. The molecule has 0 spiro atoms. The highest BCUT2D eigenvalue weighted by molar-refractivity contribution is 7.72. The molecule has 0 aliphatic heterocycles. The Hall–Kier alpha value is -1.23. The number of benzene rings is 1. The molecule has 0 amide bonds. The van der Waals surface area contributed by atoms with Crippen LogP contribution < -0.4 is 0 Å². The second-order valence-electron chi connectivity index (χ2n) is 2.55. The fourth-order valence-electron chi connectivity index (χ4n) is 0.855. The summed E-state index contributed by atoms with van der Waals surface area (Å²) < 4.78 is 20.3. The zero-order chi connectivity index (χ0) is 9.68. The highest BCUT2D eigenvalue weighted by Gasteiger charge is 1.88. The van der Waals surface area contributed by atoms with Crippen LogP contribution in [0.5, 0.6) is 0 Å². The summed E-state index contributed by atoms with van der Waals surface area (Å²) in [7, 11) is -2.46. The van der Waals surface area contributed by atoms with Crippen molar-refractivity contribution in [1.29, 1.82) is 0 Å². The predicted octanol–water partition coefficient (Wildman–Crippen LogP) is 1.65. The van der Waals surface area contributed by atoms with Gasteiger partial charge in [-0.1, -0.05) is 12.1 Å². The minimum atomic E-state index is -2.46. The van der Waals surface area contributed by atoms with Crippen molar-refractivity contribution in [1.82, 2.24) is 0 Å². The fraction of sp³-hybridized carbons (Fsp3) is 0.250. The van der Waals surface area contributed by atoms with Gasteiger partial charge in [-0.3, -0.25) is 0 Å². The van der Waals surface area contributed by atoms with Crippen LogP contribution in [0.15, 0.2) is 34.5 Å². The van der Waals surface area contributed by atoms with Crippen LogP contribution in [-0.4, -0.2) is 14.3 Å². The Morgan fingerprint density at radius 2 is 2.15 bits per heavy atom. The van der Waals surface area contributed by atoms with Gasteiger partial charge in [0.1, 0.15) is 0 Å². The number of aryl methyl sites for hydroxylation is 1. The zero-order valence-electron chi connectivity index (χ0n) is 7.17. The molecule has 0 radical (unpaired) electrons. The van der Waals surface area contributed by atoms with Crippen LogP contribution in [0.4, 0.5) is 5.69 Å². The summed E-state index contributed by atoms with van der Waals surface area (Å²) in [5, 5.41) is 7.26. The summed E-state index contributed by atoms with van der Waals surface area (Å²) in [6, 6.07) is 7.39. The Morgan fingerprint density at radius 3 is 2.77 bits per heavy atom. The SMILES string of the molecule is Cc1cccc(N=NC[SH](=O)=O)c1. The van der Waals surface area contributed by atoms with Gasteiger partial charge in [0.15, 0.2) is 16.6 Å². The lowest BCUT2D eigenvalue weighted by Gasteiger charge is -1.92. The van der Waals surface area contributed by atoms with Crippen molar-refractivity contribution in [2.75, 3.05) is 5.88 Å². The largest absolute Gasteiger partial charge is 0.230 e. The van der Waals surface area contributed by atoms with E-state index in [1.165, 1.54) is 0 Å². The van der Waals surface area contributed by atoms with Gasteiger partial charge < -0.3 is 0 Å². The molecule has 1 rings (SSSR count). The fourth-order valence-corrected chi connectivity index (χ4v) is 1.02. The van der Waals surface area contributed by atoms with Crippen LogP contribution in [-0.2, 0) is 10.7 Å². The summed E-state index contributed by atoms with van der Waals surface area (Å²) >= 11 is 0. The van der Waals surface area contributed by atoms with Crippen LogP contribution >= 0.6 is 0 Å². The molecule has 1 aromatic carbocycles. The molecule has 5 heteroatoms. The molecule has 0 atom stereocenters. The first-order chi connectivity index (χ1) is 6.18. The molecule has 0 aliphatic carbocycles. The molecule has 0 bridgehead atoms. The lowest BCUT2D eigenvalue weighted by molar-refractivity contribution is 0.614. The predicted molar refractivity (Wildman–Crippen MR) is 50.9 cm³/mol. The van der Waals surface area contributed by atoms with Gasteiger partial charge in [0.05, 0.1) is 5.69 Å². The van der Waals surface area contributed by atoms with E-state index in [2.05, 4.69) is 10.2 Å². The van der Waals surface area contributed by atoms with E-state index in [9.17, 15) is 8.42 Å². The maximum absolute atomic E-state index is 10.1. The lowest BCUT2D eigenvalue weighted by Crippen LogP contribution is -1.78. The topological polar surface area (TPSA) is 58.9 Å². The van der Waals surface area contributed by atoms with E-state index in [1.54, 1.807) is 6.07 Å². The van der Waals surface area contributed by atoms with E-state index in [0.717, 1.165) is 5.56 Å². The maximum atomic E-state index is 10.1. The third-order valence-corrected chi connectivity index (χ3v) is 1.72. The second-order valence-corrected chi connectivity index (χ2v) is 3.50. The smallest absolute Gasteiger partial charge is 0.162 e. The van der Waals surface area contributed by atoms with Crippen LogP contribution in [0, 0.1) is 6.92 Å². The Balaban J connectivity index is 2.68. The lowest BCUT2D eigenvalue weighted by atomic mass is 10.2. The van der Waals surface area contributed by atoms with Crippen molar-refractivity contribution < 1.29 is 8.42 Å². The van der Waals surface area contributed by atoms with Crippen LogP contribution in [0.25, 0.3) is 0 Å². The summed E-state index contributed by atoms with van der Waals surface area (Å²) in [5.41, 5.74) is 1.75. The minimum absolute atomic E-state index is 0.247. The number of hydrogen-bond donors (Lipinski definition) is 1. The molecule has 1 aromatic rings. The van der Waals surface area contributed by atoms with Gasteiger partial charge in [-0.25, -0.2) is 8.42 Å². The average Bonchev–Trinajstić information content (AvgIpc) is 2.03. The van der Waals surface area contributed by atoms with Crippen LogP contribution in [0.2, 0.25) is 0 Å². The Bertz CT molecular complexity index is 377. The maximum Gasteiger partial charge on any atom is 0.162 e. The first kappa shape index (κ1) is 9.85. The van der Waals surface area contributed by atoms with Crippen molar-refractivity contribution in [3.05, 3.63) is 29.8 Å². The number of nitrogens with zero attached hydrogens (tertiary/aromatic N) is 2. The Morgan fingerprint density at radius 1 is 1.38 bits per heavy atom. The highest BCUT2D eigenvalue weighted by atomic mass is 32.2.